The summed E-state index contributed by atoms with van der Waals surface area (Å²) in [6.07, 6.45) is 5.33. The quantitative estimate of drug-likeness (QED) is 0.665. The van der Waals surface area contributed by atoms with Gasteiger partial charge < -0.3 is 15.7 Å². The molecule has 166 valence electrons. The van der Waals surface area contributed by atoms with E-state index in [1.165, 1.54) is 18.2 Å². The fourth-order valence-electron chi connectivity index (χ4n) is 6.51. The summed E-state index contributed by atoms with van der Waals surface area (Å²) < 4.78 is 0. The monoisotopic (exact) mass is 434 g/mol. The molecule has 2 amide bonds. The second-order valence-electron chi connectivity index (χ2n) is 9.81. The van der Waals surface area contributed by atoms with E-state index in [-0.39, 0.29) is 28.7 Å². The smallest absolute Gasteiger partial charge is 0.354 e. The Labute approximate surface area is 185 Å². The van der Waals surface area contributed by atoms with Gasteiger partial charge in [0.05, 0.1) is 0 Å². The van der Waals surface area contributed by atoms with Gasteiger partial charge in [-0.15, -0.1) is 0 Å². The molecule has 4 fully saturated rings. The molecule has 0 saturated heterocycles. The van der Waals surface area contributed by atoms with Crippen molar-refractivity contribution < 1.29 is 19.5 Å². The maximum Gasteiger partial charge on any atom is 0.354 e. The lowest BCUT2D eigenvalue weighted by Gasteiger charge is -2.62. The summed E-state index contributed by atoms with van der Waals surface area (Å²) in [5.41, 5.74) is 0.364. The number of carboxylic acids is 1. The molecule has 4 saturated carbocycles. The summed E-state index contributed by atoms with van der Waals surface area (Å²) in [4.78, 5) is 45.6. The predicted molar refractivity (Wildman–Crippen MR) is 115 cm³/mol. The number of carbonyl (C=O) groups is 3. The number of nitrogens with zero attached hydrogens (tertiary/aromatic N) is 2. The number of nitrogens with one attached hydrogen (secondary N) is 2. The van der Waals surface area contributed by atoms with Crippen LogP contribution in [0.5, 0.6) is 0 Å². The second-order valence-corrected chi connectivity index (χ2v) is 9.81. The number of rotatable bonds is 5. The molecule has 0 aliphatic heterocycles. The highest BCUT2D eigenvalue weighted by molar-refractivity contribution is 5.95. The second kappa shape index (κ2) is 7.39. The zero-order chi connectivity index (χ0) is 22.5. The number of carbonyl (C=O) groups excluding carboxylic acids is 2. The van der Waals surface area contributed by atoms with Crippen LogP contribution in [0.25, 0.3) is 0 Å². The van der Waals surface area contributed by atoms with Crippen LogP contribution in [0.4, 0.5) is 0 Å². The summed E-state index contributed by atoms with van der Waals surface area (Å²) >= 11 is 0. The molecule has 4 bridgehead atoms. The molecule has 8 heteroatoms. The first-order valence-corrected chi connectivity index (χ1v) is 11.0. The third-order valence-corrected chi connectivity index (χ3v) is 7.14. The van der Waals surface area contributed by atoms with Crippen molar-refractivity contribution in [2.45, 2.75) is 56.5 Å². The molecule has 2 unspecified atom stereocenters. The average Bonchev–Trinajstić information content (AvgIpc) is 2.72. The Bertz CT molecular complexity index is 1100. The van der Waals surface area contributed by atoms with Gasteiger partial charge in [-0.1, -0.05) is 12.1 Å². The zero-order valence-corrected chi connectivity index (χ0v) is 17.9. The largest absolute Gasteiger partial charge is 0.477 e. The fourth-order valence-corrected chi connectivity index (χ4v) is 6.51. The summed E-state index contributed by atoms with van der Waals surface area (Å²) in [6, 6.07) is 9.84. The highest BCUT2D eigenvalue weighted by atomic mass is 16.4. The maximum atomic E-state index is 13.0. The number of amides is 2. The topological polar surface area (TPSA) is 121 Å². The third-order valence-electron chi connectivity index (χ3n) is 7.14. The van der Waals surface area contributed by atoms with Crippen molar-refractivity contribution >= 4 is 17.8 Å². The van der Waals surface area contributed by atoms with Crippen molar-refractivity contribution in [3.05, 3.63) is 59.2 Å². The van der Waals surface area contributed by atoms with E-state index in [9.17, 15) is 19.5 Å². The molecule has 0 spiro atoms. The number of carboxylic acid groups (broad SMARTS) is 1. The van der Waals surface area contributed by atoms with Crippen molar-refractivity contribution in [1.82, 2.24) is 20.6 Å². The molecule has 8 nitrogen and oxygen atoms in total. The van der Waals surface area contributed by atoms with E-state index in [1.54, 1.807) is 6.07 Å². The number of hydrogen-bond acceptors (Lipinski definition) is 5. The summed E-state index contributed by atoms with van der Waals surface area (Å²) in [5, 5.41) is 15.7. The van der Waals surface area contributed by atoms with Crippen LogP contribution >= 0.6 is 0 Å². The molecule has 0 radical (unpaired) electrons. The van der Waals surface area contributed by atoms with E-state index in [2.05, 4.69) is 20.6 Å². The highest BCUT2D eigenvalue weighted by Crippen LogP contribution is 2.57. The van der Waals surface area contributed by atoms with Gasteiger partial charge in [0, 0.05) is 16.8 Å². The lowest BCUT2D eigenvalue weighted by Crippen LogP contribution is -2.70. The van der Waals surface area contributed by atoms with Crippen molar-refractivity contribution in [1.29, 1.82) is 0 Å². The van der Waals surface area contributed by atoms with Crippen LogP contribution in [-0.4, -0.2) is 43.9 Å². The molecular weight excluding hydrogens is 408 g/mol. The van der Waals surface area contributed by atoms with Gasteiger partial charge in [-0.05, 0) is 81.5 Å². The lowest BCUT2D eigenvalue weighted by molar-refractivity contribution is -0.0449. The van der Waals surface area contributed by atoms with E-state index in [0.29, 0.717) is 24.0 Å². The standard InChI is InChI=1S/C24H26N4O4/c1-14-4-2-5-17(25-14)20(29)27-23-9-15-8-16(10-23)12-24(11-15,13-23)28-21(30)18-6-3-7-19(26-18)22(31)32/h2-7,15-16H,8-13H2,1H3,(H,27,29)(H,28,30)(H,31,32). The number of aryl methyl sites for hydroxylation is 1. The van der Waals surface area contributed by atoms with Crippen LogP contribution in [0.3, 0.4) is 0 Å². The van der Waals surface area contributed by atoms with Gasteiger partial charge in [0.1, 0.15) is 17.1 Å². The van der Waals surface area contributed by atoms with E-state index >= 15 is 0 Å². The van der Waals surface area contributed by atoms with E-state index in [0.717, 1.165) is 37.8 Å². The Morgan fingerprint density at radius 1 is 0.844 bits per heavy atom. The minimum absolute atomic E-state index is 0.0997. The summed E-state index contributed by atoms with van der Waals surface area (Å²) in [7, 11) is 0. The van der Waals surface area contributed by atoms with Crippen LogP contribution in [0, 0.1) is 18.8 Å². The zero-order valence-electron chi connectivity index (χ0n) is 17.9. The minimum Gasteiger partial charge on any atom is -0.477 e. The molecule has 32 heavy (non-hydrogen) atoms. The molecule has 2 aromatic rings. The first kappa shape index (κ1) is 20.6. The molecule has 2 atom stereocenters. The third kappa shape index (κ3) is 3.74. The van der Waals surface area contributed by atoms with Gasteiger partial charge in [-0.2, -0.15) is 0 Å². The molecule has 6 rings (SSSR count). The van der Waals surface area contributed by atoms with Gasteiger partial charge in [0.2, 0.25) is 0 Å². The van der Waals surface area contributed by atoms with E-state index in [1.807, 2.05) is 19.1 Å². The fraction of sp³-hybridized carbons (Fsp3) is 0.458. The van der Waals surface area contributed by atoms with Gasteiger partial charge >= 0.3 is 5.97 Å². The normalized spacial score (nSPS) is 30.0. The Hall–Kier alpha value is -3.29. The minimum atomic E-state index is -1.17. The van der Waals surface area contributed by atoms with Gasteiger partial charge in [-0.3, -0.25) is 9.59 Å². The SMILES string of the molecule is Cc1cccc(C(=O)NC23CC4CC(C2)CC(NC(=O)c2cccc(C(=O)O)n2)(C4)C3)n1. The molecule has 4 aliphatic rings. The van der Waals surface area contributed by atoms with Crippen molar-refractivity contribution in [2.24, 2.45) is 11.8 Å². The first-order chi connectivity index (χ1) is 15.2. The number of pyridine rings is 2. The maximum absolute atomic E-state index is 13.0. The molecule has 3 N–H and O–H groups in total. The van der Waals surface area contributed by atoms with Gasteiger partial charge in [0.25, 0.3) is 11.8 Å². The van der Waals surface area contributed by atoms with Gasteiger partial charge in [-0.25, -0.2) is 14.8 Å². The van der Waals surface area contributed by atoms with E-state index in [4.69, 9.17) is 0 Å². The van der Waals surface area contributed by atoms with Crippen LogP contribution < -0.4 is 10.6 Å². The molecular formula is C24H26N4O4. The molecule has 2 aromatic heterocycles. The predicted octanol–water partition coefficient (Wildman–Crippen LogP) is 2.73. The summed E-state index contributed by atoms with van der Waals surface area (Å²) in [5.74, 6) is -0.841. The highest BCUT2D eigenvalue weighted by Gasteiger charge is 2.58. The Balaban J connectivity index is 1.37. The first-order valence-electron chi connectivity index (χ1n) is 11.0. The lowest BCUT2D eigenvalue weighted by atomic mass is 9.49. The number of aromatic nitrogens is 2. The summed E-state index contributed by atoms with van der Waals surface area (Å²) in [6.45, 7) is 1.86. The van der Waals surface area contributed by atoms with Crippen LogP contribution in [-0.2, 0) is 0 Å². The van der Waals surface area contributed by atoms with E-state index < -0.39 is 11.5 Å². The van der Waals surface area contributed by atoms with Crippen molar-refractivity contribution in [3.63, 3.8) is 0 Å². The van der Waals surface area contributed by atoms with Crippen molar-refractivity contribution in [3.8, 4) is 0 Å². The molecule has 0 aromatic carbocycles. The van der Waals surface area contributed by atoms with Crippen LogP contribution in [0.2, 0.25) is 0 Å². The Morgan fingerprint density at radius 2 is 1.34 bits per heavy atom. The van der Waals surface area contributed by atoms with Gasteiger partial charge in [0.15, 0.2) is 0 Å². The number of hydrogen-bond donors (Lipinski definition) is 3. The average molecular weight is 434 g/mol. The van der Waals surface area contributed by atoms with Crippen LogP contribution in [0.15, 0.2) is 36.4 Å². The number of aromatic carboxylic acids is 1. The Kier molecular flexibility index (Phi) is 4.76. The molecule has 2 heterocycles. The van der Waals surface area contributed by atoms with Crippen molar-refractivity contribution in [2.75, 3.05) is 0 Å². The Morgan fingerprint density at radius 3 is 1.88 bits per heavy atom. The molecule has 4 aliphatic carbocycles. The van der Waals surface area contributed by atoms with Crippen LogP contribution in [0.1, 0.15) is 75.7 Å².